The highest BCUT2D eigenvalue weighted by Gasteiger charge is 2.33. The molecule has 0 fully saturated rings. The zero-order chi connectivity index (χ0) is 29.8. The van der Waals surface area contributed by atoms with Crippen molar-refractivity contribution in [2.45, 2.75) is 38.1 Å². The van der Waals surface area contributed by atoms with Gasteiger partial charge in [-0.25, -0.2) is 14.0 Å². The molecule has 0 bridgehead atoms. The molecule has 0 aliphatic heterocycles. The molecule has 15 heteroatoms. The van der Waals surface area contributed by atoms with Crippen molar-refractivity contribution in [3.05, 3.63) is 80.7 Å². The van der Waals surface area contributed by atoms with Crippen LogP contribution in [-0.4, -0.2) is 43.8 Å². The Balaban J connectivity index is 1.97. The third-order valence-corrected chi connectivity index (χ3v) is 6.11. The maximum atomic E-state index is 13.1. The molecule has 0 radical (unpaired) electrons. The minimum Gasteiger partial charge on any atom is -0.368 e. The normalized spacial score (nSPS) is 12.8. The Morgan fingerprint density at radius 1 is 1.07 bits per heavy atom. The van der Waals surface area contributed by atoms with Gasteiger partial charge in [-0.2, -0.15) is 13.2 Å². The number of halogens is 5. The fourth-order valence-electron chi connectivity index (χ4n) is 3.39. The van der Waals surface area contributed by atoms with Gasteiger partial charge >= 0.3 is 11.9 Å². The van der Waals surface area contributed by atoms with Crippen LogP contribution in [0.3, 0.4) is 0 Å². The van der Waals surface area contributed by atoms with Crippen molar-refractivity contribution in [3.63, 3.8) is 0 Å². The molecule has 3 aromatic rings. The predicted molar refractivity (Wildman–Crippen MR) is 142 cm³/mol. The maximum absolute atomic E-state index is 13.1. The second-order valence-corrected chi connectivity index (χ2v) is 9.84. The highest BCUT2D eigenvalue weighted by molar-refractivity contribution is 6.31. The molecule has 2 aromatic carbocycles. The molecule has 0 aliphatic rings. The summed E-state index contributed by atoms with van der Waals surface area (Å²) in [6.45, 7) is 1.94. The molecule has 0 aliphatic carbocycles. The number of hydrogen-bond acceptors (Lipinski definition) is 5. The van der Waals surface area contributed by atoms with E-state index >= 15 is 0 Å². The molecular formula is C25H23Cl2F3N6O4. The number of nitrogens with one attached hydrogen (secondary N) is 2. The molecule has 0 saturated carbocycles. The Hall–Kier alpha value is -4.10. The molecule has 10 nitrogen and oxygen atoms in total. The summed E-state index contributed by atoms with van der Waals surface area (Å²) in [5, 5.41) is 9.35. The van der Waals surface area contributed by atoms with Crippen LogP contribution in [0.2, 0.25) is 10.0 Å². The van der Waals surface area contributed by atoms with Gasteiger partial charge in [0.1, 0.15) is 18.1 Å². The lowest BCUT2D eigenvalue weighted by molar-refractivity contribution is -0.133. The molecule has 1 unspecified atom stereocenters. The number of carbonyl (C=O) groups excluding carboxylic acids is 3. The van der Waals surface area contributed by atoms with E-state index in [4.69, 9.17) is 28.9 Å². The van der Waals surface area contributed by atoms with Crippen LogP contribution in [-0.2, 0) is 20.9 Å². The quantitative estimate of drug-likeness (QED) is 0.346. The standard InChI is InChI=1S/C25H23Cl2F3N6O4/c1-24(2,22(31)39)33-21(38)19(16-5-3-4-6-17(16)27)32-18(37)13-36-23(40)35(12-11-25(28,29)30)20(34-36)14-7-9-15(26)10-8-14/h3-12,19H,13H2,1-2H3,(H2,31,39)(H,32,37)(H,33,38)/b12-11+. The van der Waals surface area contributed by atoms with Gasteiger partial charge in [0.25, 0.3) is 0 Å². The van der Waals surface area contributed by atoms with Gasteiger partial charge < -0.3 is 16.4 Å². The minimum absolute atomic E-state index is 0.114. The summed E-state index contributed by atoms with van der Waals surface area (Å²) in [7, 11) is 0. The van der Waals surface area contributed by atoms with Crippen molar-refractivity contribution in [2.75, 3.05) is 0 Å². The van der Waals surface area contributed by atoms with E-state index in [1.807, 2.05) is 0 Å². The number of carbonyl (C=O) groups is 3. The van der Waals surface area contributed by atoms with Crippen LogP contribution in [0.4, 0.5) is 13.2 Å². The average Bonchev–Trinajstić information content (AvgIpc) is 3.16. The summed E-state index contributed by atoms with van der Waals surface area (Å²) < 4.78 is 39.9. The summed E-state index contributed by atoms with van der Waals surface area (Å²) in [5.41, 5.74) is 3.20. The number of aromatic nitrogens is 3. The molecular weight excluding hydrogens is 576 g/mol. The van der Waals surface area contributed by atoms with E-state index in [2.05, 4.69) is 15.7 Å². The highest BCUT2D eigenvalue weighted by atomic mass is 35.5. The van der Waals surface area contributed by atoms with Gasteiger partial charge in [0.05, 0.1) is 0 Å². The third kappa shape index (κ3) is 7.51. The van der Waals surface area contributed by atoms with E-state index in [0.717, 1.165) is 0 Å². The monoisotopic (exact) mass is 598 g/mol. The van der Waals surface area contributed by atoms with Crippen LogP contribution >= 0.6 is 23.2 Å². The van der Waals surface area contributed by atoms with E-state index in [1.165, 1.54) is 50.2 Å². The van der Waals surface area contributed by atoms with Crippen molar-refractivity contribution in [1.29, 1.82) is 0 Å². The lowest BCUT2D eigenvalue weighted by Gasteiger charge is -2.27. The molecule has 3 amide bonds. The number of nitrogens with two attached hydrogens (primary N) is 1. The van der Waals surface area contributed by atoms with E-state index in [-0.39, 0.29) is 28.0 Å². The zero-order valence-electron chi connectivity index (χ0n) is 21.0. The van der Waals surface area contributed by atoms with E-state index < -0.39 is 47.7 Å². The van der Waals surface area contributed by atoms with Gasteiger partial charge in [-0.1, -0.05) is 41.4 Å². The summed E-state index contributed by atoms with van der Waals surface area (Å²) in [5.74, 6) is -2.79. The number of allylic oxidation sites excluding steroid dienone is 1. The fourth-order valence-corrected chi connectivity index (χ4v) is 3.76. The number of rotatable bonds is 9. The lowest BCUT2D eigenvalue weighted by atomic mass is 10.0. The van der Waals surface area contributed by atoms with Crippen molar-refractivity contribution < 1.29 is 27.6 Å². The molecule has 1 heterocycles. The van der Waals surface area contributed by atoms with E-state index in [1.54, 1.807) is 12.1 Å². The fraction of sp³-hybridized carbons (Fsp3) is 0.240. The van der Waals surface area contributed by atoms with Crippen LogP contribution in [0.25, 0.3) is 17.6 Å². The Bertz CT molecular complexity index is 1510. The van der Waals surface area contributed by atoms with Crippen LogP contribution in [0, 0.1) is 0 Å². The van der Waals surface area contributed by atoms with Crippen LogP contribution < -0.4 is 22.1 Å². The molecule has 1 atom stereocenters. The van der Waals surface area contributed by atoms with Crippen molar-refractivity contribution in [2.24, 2.45) is 5.73 Å². The number of primary amides is 1. The number of amides is 3. The molecule has 212 valence electrons. The van der Waals surface area contributed by atoms with Gasteiger partial charge in [-0.3, -0.25) is 14.4 Å². The summed E-state index contributed by atoms with van der Waals surface area (Å²) in [6, 6.07) is 10.4. The Kier molecular flexibility index (Phi) is 9.10. The molecule has 3 rings (SSSR count). The first-order chi connectivity index (χ1) is 18.6. The molecule has 40 heavy (non-hydrogen) atoms. The van der Waals surface area contributed by atoms with E-state index in [0.29, 0.717) is 20.5 Å². The van der Waals surface area contributed by atoms with Crippen molar-refractivity contribution >= 4 is 47.1 Å². The number of benzene rings is 2. The van der Waals surface area contributed by atoms with Gasteiger partial charge in [-0.15, -0.1) is 5.10 Å². The molecule has 0 saturated heterocycles. The Morgan fingerprint density at radius 2 is 1.70 bits per heavy atom. The number of alkyl halides is 3. The van der Waals surface area contributed by atoms with Crippen LogP contribution in [0.5, 0.6) is 0 Å². The highest BCUT2D eigenvalue weighted by Crippen LogP contribution is 2.24. The smallest absolute Gasteiger partial charge is 0.368 e. The summed E-state index contributed by atoms with van der Waals surface area (Å²) >= 11 is 12.1. The van der Waals surface area contributed by atoms with Gasteiger partial charge in [-0.05, 0) is 44.2 Å². The van der Waals surface area contributed by atoms with Crippen molar-refractivity contribution in [1.82, 2.24) is 25.0 Å². The van der Waals surface area contributed by atoms with Gasteiger partial charge in [0, 0.05) is 33.4 Å². The van der Waals surface area contributed by atoms with Gasteiger partial charge in [0.15, 0.2) is 5.82 Å². The molecule has 4 N–H and O–H groups in total. The Morgan fingerprint density at radius 3 is 2.27 bits per heavy atom. The topological polar surface area (TPSA) is 141 Å². The lowest BCUT2D eigenvalue weighted by Crippen LogP contribution is -2.56. The summed E-state index contributed by atoms with van der Waals surface area (Å²) in [4.78, 5) is 50.9. The van der Waals surface area contributed by atoms with Crippen LogP contribution in [0.1, 0.15) is 25.5 Å². The molecule has 1 aromatic heterocycles. The van der Waals surface area contributed by atoms with E-state index in [9.17, 15) is 32.3 Å². The second kappa shape index (κ2) is 12.0. The first-order valence-electron chi connectivity index (χ1n) is 11.5. The maximum Gasteiger partial charge on any atom is 0.411 e. The number of hydrogen-bond donors (Lipinski definition) is 3. The first-order valence-corrected chi connectivity index (χ1v) is 12.2. The minimum atomic E-state index is -4.73. The SMILES string of the molecule is CC(C)(NC(=O)C(NC(=O)Cn1nc(-c2ccc(Cl)cc2)n(/C=C/C(F)(F)F)c1=O)c1ccccc1Cl)C(N)=O. The zero-order valence-corrected chi connectivity index (χ0v) is 22.5. The Labute approximate surface area is 235 Å². The molecule has 0 spiro atoms. The second-order valence-electron chi connectivity index (χ2n) is 9.00. The average molecular weight is 599 g/mol. The van der Waals surface area contributed by atoms with Gasteiger partial charge in [0.2, 0.25) is 17.7 Å². The van der Waals surface area contributed by atoms with Crippen LogP contribution in [0.15, 0.2) is 59.4 Å². The predicted octanol–water partition coefficient (Wildman–Crippen LogP) is 3.29. The number of nitrogens with zero attached hydrogens (tertiary/aromatic N) is 3. The largest absolute Gasteiger partial charge is 0.411 e. The summed E-state index contributed by atoms with van der Waals surface area (Å²) in [6.07, 6.45) is -4.40. The van der Waals surface area contributed by atoms with Crippen molar-refractivity contribution in [3.8, 4) is 11.4 Å². The third-order valence-electron chi connectivity index (χ3n) is 5.51. The first kappa shape index (κ1) is 30.4.